The van der Waals surface area contributed by atoms with Gasteiger partial charge in [0.2, 0.25) is 0 Å². The minimum absolute atomic E-state index is 1.03. The first kappa shape index (κ1) is 13.0. The van der Waals surface area contributed by atoms with Gasteiger partial charge in [0.1, 0.15) is 0 Å². The fourth-order valence-electron chi connectivity index (χ4n) is 2.18. The van der Waals surface area contributed by atoms with Crippen LogP contribution in [-0.2, 0) is 0 Å². The van der Waals surface area contributed by atoms with E-state index in [0.29, 0.717) is 0 Å². The first-order valence-corrected chi connectivity index (χ1v) is 6.26. The molecule has 0 aliphatic heterocycles. The molecule has 0 unspecified atom stereocenters. The van der Waals surface area contributed by atoms with Crippen LogP contribution in [0.15, 0.2) is 47.6 Å². The molecule has 0 saturated carbocycles. The molecule has 1 rings (SSSR count). The van der Waals surface area contributed by atoms with Crippen LogP contribution < -0.4 is 0 Å². The van der Waals surface area contributed by atoms with Crippen LogP contribution >= 0.6 is 0 Å². The molecule has 0 aromatic carbocycles. The summed E-state index contributed by atoms with van der Waals surface area (Å²) in [6.45, 7) is 12.3. The molecule has 0 radical (unpaired) electrons. The first-order valence-electron chi connectivity index (χ1n) is 6.26. The monoisotopic (exact) mass is 216 g/mol. The number of rotatable bonds is 4. The molecule has 0 aromatic heterocycles. The van der Waals surface area contributed by atoms with E-state index in [-0.39, 0.29) is 0 Å². The molecule has 88 valence electrons. The van der Waals surface area contributed by atoms with Crippen LogP contribution in [0.25, 0.3) is 0 Å². The summed E-state index contributed by atoms with van der Waals surface area (Å²) in [6, 6.07) is 0. The second-order valence-electron chi connectivity index (χ2n) is 5.04. The predicted molar refractivity (Wildman–Crippen MR) is 73.5 cm³/mol. The van der Waals surface area contributed by atoms with E-state index in [4.69, 9.17) is 0 Å². The van der Waals surface area contributed by atoms with Crippen LogP contribution in [0.1, 0.15) is 52.4 Å². The van der Waals surface area contributed by atoms with Crippen LogP contribution in [-0.4, -0.2) is 0 Å². The highest BCUT2D eigenvalue weighted by atomic mass is 14.1. The summed E-state index contributed by atoms with van der Waals surface area (Å²) in [5, 5.41) is 0. The van der Waals surface area contributed by atoms with Crippen molar-refractivity contribution in [2.24, 2.45) is 0 Å². The maximum atomic E-state index is 4.04. The van der Waals surface area contributed by atoms with E-state index in [9.17, 15) is 0 Å². The zero-order valence-corrected chi connectivity index (χ0v) is 10.8. The lowest BCUT2D eigenvalue weighted by atomic mass is 9.90. The van der Waals surface area contributed by atoms with Gasteiger partial charge in [-0.05, 0) is 57.9 Å². The van der Waals surface area contributed by atoms with Crippen molar-refractivity contribution in [1.29, 1.82) is 0 Å². The molecule has 0 bridgehead atoms. The minimum Gasteiger partial charge on any atom is -0.0998 e. The van der Waals surface area contributed by atoms with Gasteiger partial charge in [-0.2, -0.15) is 0 Å². The van der Waals surface area contributed by atoms with Crippen molar-refractivity contribution in [2.75, 3.05) is 0 Å². The third kappa shape index (κ3) is 4.65. The normalized spacial score (nSPS) is 16.9. The fraction of sp³-hybridized carbons (Fsp3) is 0.500. The highest BCUT2D eigenvalue weighted by molar-refractivity contribution is 5.32. The molecule has 0 amide bonds. The molecule has 0 spiro atoms. The molecule has 1 aliphatic carbocycles. The van der Waals surface area contributed by atoms with Gasteiger partial charge in [0.05, 0.1) is 0 Å². The molecule has 0 heteroatoms. The number of hydrogen-bond acceptors (Lipinski definition) is 0. The zero-order valence-electron chi connectivity index (χ0n) is 10.8. The predicted octanol–water partition coefficient (Wildman–Crippen LogP) is 5.35. The Morgan fingerprint density at radius 1 is 1.12 bits per heavy atom. The Morgan fingerprint density at radius 2 is 1.81 bits per heavy atom. The molecule has 0 N–H and O–H groups in total. The van der Waals surface area contributed by atoms with Crippen LogP contribution in [0.2, 0.25) is 0 Å². The maximum absolute atomic E-state index is 4.04. The fourth-order valence-corrected chi connectivity index (χ4v) is 2.18. The van der Waals surface area contributed by atoms with Crippen molar-refractivity contribution < 1.29 is 0 Å². The van der Waals surface area contributed by atoms with Gasteiger partial charge in [-0.1, -0.05) is 42.0 Å². The molecule has 0 aromatic rings. The Balaban J connectivity index is 2.91. The maximum Gasteiger partial charge on any atom is -0.00730 e. The van der Waals surface area contributed by atoms with Crippen LogP contribution in [0.5, 0.6) is 0 Å². The largest absolute Gasteiger partial charge is 0.0998 e. The second kappa shape index (κ2) is 6.52. The van der Waals surface area contributed by atoms with Crippen LogP contribution in [0, 0.1) is 0 Å². The molecule has 1 aliphatic rings. The SMILES string of the molecule is C=C(C)CC1=C(CC(=C)C)CCCCC=C1. The van der Waals surface area contributed by atoms with Crippen molar-refractivity contribution >= 4 is 0 Å². The van der Waals surface area contributed by atoms with Gasteiger partial charge in [0.25, 0.3) is 0 Å². The van der Waals surface area contributed by atoms with Gasteiger partial charge >= 0.3 is 0 Å². The van der Waals surface area contributed by atoms with Crippen molar-refractivity contribution in [2.45, 2.75) is 52.4 Å². The van der Waals surface area contributed by atoms with E-state index < -0.39 is 0 Å². The third-order valence-corrected chi connectivity index (χ3v) is 2.88. The summed E-state index contributed by atoms with van der Waals surface area (Å²) < 4.78 is 0. The second-order valence-corrected chi connectivity index (χ2v) is 5.04. The lowest BCUT2D eigenvalue weighted by Crippen LogP contribution is -1.96. The molecular formula is C16H24. The van der Waals surface area contributed by atoms with E-state index in [2.05, 4.69) is 39.2 Å². The summed E-state index contributed by atoms with van der Waals surface area (Å²) >= 11 is 0. The Bertz CT molecular complexity index is 326. The number of hydrogen-bond donors (Lipinski definition) is 0. The van der Waals surface area contributed by atoms with Crippen molar-refractivity contribution in [3.8, 4) is 0 Å². The van der Waals surface area contributed by atoms with E-state index in [1.807, 2.05) is 0 Å². The van der Waals surface area contributed by atoms with Crippen molar-refractivity contribution in [1.82, 2.24) is 0 Å². The van der Waals surface area contributed by atoms with Crippen molar-refractivity contribution in [3.63, 3.8) is 0 Å². The summed E-state index contributed by atoms with van der Waals surface area (Å²) in [5.74, 6) is 0. The molecular weight excluding hydrogens is 192 g/mol. The molecule has 0 saturated heterocycles. The summed E-state index contributed by atoms with van der Waals surface area (Å²) in [6.07, 6.45) is 11.8. The van der Waals surface area contributed by atoms with Gasteiger partial charge in [-0.15, -0.1) is 0 Å². The topological polar surface area (TPSA) is 0 Å². The third-order valence-electron chi connectivity index (χ3n) is 2.88. The van der Waals surface area contributed by atoms with E-state index in [1.165, 1.54) is 42.4 Å². The summed E-state index contributed by atoms with van der Waals surface area (Å²) in [4.78, 5) is 0. The van der Waals surface area contributed by atoms with Gasteiger partial charge in [0, 0.05) is 0 Å². The Morgan fingerprint density at radius 3 is 2.44 bits per heavy atom. The van der Waals surface area contributed by atoms with E-state index in [0.717, 1.165) is 12.8 Å². The average Bonchev–Trinajstić information content (AvgIpc) is 2.15. The molecule has 16 heavy (non-hydrogen) atoms. The Labute approximate surface area is 100 Å². The van der Waals surface area contributed by atoms with E-state index in [1.54, 1.807) is 5.57 Å². The smallest absolute Gasteiger partial charge is 0.00730 e. The lowest BCUT2D eigenvalue weighted by molar-refractivity contribution is 0.717. The summed E-state index contributed by atoms with van der Waals surface area (Å²) in [7, 11) is 0. The molecule has 0 heterocycles. The average molecular weight is 216 g/mol. The van der Waals surface area contributed by atoms with Gasteiger partial charge in [-0.25, -0.2) is 0 Å². The lowest BCUT2D eigenvalue weighted by Gasteiger charge is -2.15. The minimum atomic E-state index is 1.03. The van der Waals surface area contributed by atoms with Crippen LogP contribution in [0.3, 0.4) is 0 Å². The van der Waals surface area contributed by atoms with Gasteiger partial charge in [0.15, 0.2) is 0 Å². The standard InChI is InChI=1S/C16H24/c1-13(2)11-15-9-7-5-6-8-10-16(15)12-14(3)4/h7,9H,1,3,5-6,8,10-12H2,2,4H3. The highest BCUT2D eigenvalue weighted by Gasteiger charge is 2.07. The van der Waals surface area contributed by atoms with Crippen molar-refractivity contribution in [3.05, 3.63) is 47.6 Å². The molecule has 0 nitrogen and oxygen atoms in total. The quantitative estimate of drug-likeness (QED) is 0.556. The molecule has 0 fully saturated rings. The van der Waals surface area contributed by atoms with Crippen LogP contribution in [0.4, 0.5) is 0 Å². The summed E-state index contributed by atoms with van der Waals surface area (Å²) in [5.41, 5.74) is 5.57. The number of allylic oxidation sites excluding steroid dienone is 6. The first-order chi connectivity index (χ1) is 7.59. The zero-order chi connectivity index (χ0) is 12.0. The van der Waals surface area contributed by atoms with E-state index >= 15 is 0 Å². The Kier molecular flexibility index (Phi) is 5.31. The highest BCUT2D eigenvalue weighted by Crippen LogP contribution is 2.27. The Hall–Kier alpha value is -1.04. The van der Waals surface area contributed by atoms with Gasteiger partial charge < -0.3 is 0 Å². The molecule has 0 atom stereocenters. The van der Waals surface area contributed by atoms with Gasteiger partial charge in [-0.3, -0.25) is 0 Å².